The van der Waals surface area contributed by atoms with Gasteiger partial charge in [0.1, 0.15) is 0 Å². The Morgan fingerprint density at radius 2 is 2.07 bits per heavy atom. The number of aromatic nitrogens is 1. The first-order valence-electron chi connectivity index (χ1n) is 4.56. The van der Waals surface area contributed by atoms with Crippen LogP contribution < -0.4 is 5.32 Å². The van der Waals surface area contributed by atoms with Crippen LogP contribution in [0.2, 0.25) is 5.02 Å². The number of hydrogen-bond donors (Lipinski definition) is 1. The first-order valence-corrected chi connectivity index (χ1v) is 6.01. The number of hydrogen-bond acceptors (Lipinski definition) is 2. The highest BCUT2D eigenvalue weighted by Crippen LogP contribution is 2.15. The summed E-state index contributed by atoms with van der Waals surface area (Å²) in [5.74, 6) is 0.915. The summed E-state index contributed by atoms with van der Waals surface area (Å²) < 4.78 is 0. The summed E-state index contributed by atoms with van der Waals surface area (Å²) in [7, 11) is 0. The van der Waals surface area contributed by atoms with Crippen molar-refractivity contribution < 1.29 is 0 Å². The summed E-state index contributed by atoms with van der Waals surface area (Å²) >= 11 is 17.6. The van der Waals surface area contributed by atoms with Crippen molar-refractivity contribution in [2.75, 3.05) is 11.8 Å². The lowest BCUT2D eigenvalue weighted by molar-refractivity contribution is 0.435. The topological polar surface area (TPSA) is 24.9 Å². The predicted octanol–water partition coefficient (Wildman–Crippen LogP) is 3.06. The van der Waals surface area contributed by atoms with Gasteiger partial charge in [0.05, 0.1) is 5.02 Å². The standard InChI is InChI=1S/C10H13Cl3N2/c1-10(6-11,7-12)15-4-8-2-3-14-5-9(8)13/h2-3,5,15H,4,6-7H2,1H3. The Kier molecular flexibility index (Phi) is 5.13. The van der Waals surface area contributed by atoms with E-state index in [2.05, 4.69) is 10.3 Å². The number of pyridine rings is 1. The van der Waals surface area contributed by atoms with Gasteiger partial charge in [0.2, 0.25) is 0 Å². The molecule has 0 aliphatic rings. The number of rotatable bonds is 5. The van der Waals surface area contributed by atoms with Gasteiger partial charge in [0.25, 0.3) is 0 Å². The van der Waals surface area contributed by atoms with Crippen molar-refractivity contribution in [2.45, 2.75) is 19.0 Å². The second-order valence-electron chi connectivity index (χ2n) is 3.65. The molecule has 1 aromatic rings. The van der Waals surface area contributed by atoms with Crippen LogP contribution in [0, 0.1) is 0 Å². The molecule has 0 spiro atoms. The lowest BCUT2D eigenvalue weighted by atomic mass is 10.1. The fourth-order valence-corrected chi connectivity index (χ4v) is 1.65. The summed E-state index contributed by atoms with van der Waals surface area (Å²) in [6, 6.07) is 1.87. The van der Waals surface area contributed by atoms with E-state index in [1.807, 2.05) is 13.0 Å². The molecule has 15 heavy (non-hydrogen) atoms. The third-order valence-electron chi connectivity index (χ3n) is 2.15. The van der Waals surface area contributed by atoms with Gasteiger partial charge < -0.3 is 5.32 Å². The maximum absolute atomic E-state index is 5.97. The fraction of sp³-hybridized carbons (Fsp3) is 0.500. The molecule has 0 aliphatic heterocycles. The van der Waals surface area contributed by atoms with Gasteiger partial charge in [-0.3, -0.25) is 4.98 Å². The minimum Gasteiger partial charge on any atom is -0.305 e. The zero-order chi connectivity index (χ0) is 11.3. The van der Waals surface area contributed by atoms with Crippen LogP contribution in [0.5, 0.6) is 0 Å². The van der Waals surface area contributed by atoms with Gasteiger partial charge in [-0.05, 0) is 18.6 Å². The van der Waals surface area contributed by atoms with Crippen LogP contribution in [0.4, 0.5) is 0 Å². The molecule has 0 bridgehead atoms. The molecule has 0 saturated heterocycles. The van der Waals surface area contributed by atoms with E-state index in [9.17, 15) is 0 Å². The lowest BCUT2D eigenvalue weighted by Gasteiger charge is -2.26. The molecule has 1 rings (SSSR count). The largest absolute Gasteiger partial charge is 0.305 e. The Hall–Kier alpha value is -0.0200. The van der Waals surface area contributed by atoms with Gasteiger partial charge in [0, 0.05) is 36.2 Å². The first kappa shape index (κ1) is 13.0. The van der Waals surface area contributed by atoms with E-state index in [4.69, 9.17) is 34.8 Å². The smallest absolute Gasteiger partial charge is 0.0634 e. The SMILES string of the molecule is CC(CCl)(CCl)NCc1ccncc1Cl. The Bertz CT molecular complexity index is 313. The molecule has 0 saturated carbocycles. The molecule has 0 fully saturated rings. The summed E-state index contributed by atoms with van der Waals surface area (Å²) in [5.41, 5.74) is 0.725. The molecule has 0 radical (unpaired) electrons. The third kappa shape index (κ3) is 3.80. The maximum Gasteiger partial charge on any atom is 0.0634 e. The van der Waals surface area contributed by atoms with E-state index in [0.29, 0.717) is 23.3 Å². The Labute approximate surface area is 105 Å². The van der Waals surface area contributed by atoms with Crippen molar-refractivity contribution >= 4 is 34.8 Å². The minimum absolute atomic E-state index is 0.268. The lowest BCUT2D eigenvalue weighted by Crippen LogP contribution is -2.45. The molecule has 0 unspecified atom stereocenters. The van der Waals surface area contributed by atoms with Crippen molar-refractivity contribution in [1.82, 2.24) is 10.3 Å². The number of nitrogens with one attached hydrogen (secondary N) is 1. The van der Waals surface area contributed by atoms with Crippen LogP contribution in [0.15, 0.2) is 18.5 Å². The summed E-state index contributed by atoms with van der Waals surface area (Å²) in [6.07, 6.45) is 3.33. The fourth-order valence-electron chi connectivity index (χ4n) is 0.986. The zero-order valence-electron chi connectivity index (χ0n) is 8.43. The highest BCUT2D eigenvalue weighted by Gasteiger charge is 2.21. The average Bonchev–Trinajstić information content (AvgIpc) is 2.28. The van der Waals surface area contributed by atoms with E-state index in [1.54, 1.807) is 12.4 Å². The molecular weight excluding hydrogens is 254 g/mol. The van der Waals surface area contributed by atoms with Crippen LogP contribution >= 0.6 is 34.8 Å². The van der Waals surface area contributed by atoms with Gasteiger partial charge in [-0.1, -0.05) is 11.6 Å². The van der Waals surface area contributed by atoms with Gasteiger partial charge in [-0.2, -0.15) is 0 Å². The predicted molar refractivity (Wildman–Crippen MR) is 65.9 cm³/mol. The van der Waals surface area contributed by atoms with E-state index in [0.717, 1.165) is 5.56 Å². The van der Waals surface area contributed by atoms with Crippen molar-refractivity contribution in [3.63, 3.8) is 0 Å². The number of alkyl halides is 2. The Balaban J connectivity index is 2.61. The molecule has 1 heterocycles. The highest BCUT2D eigenvalue weighted by molar-refractivity contribution is 6.31. The molecule has 1 aromatic heterocycles. The monoisotopic (exact) mass is 266 g/mol. The summed E-state index contributed by atoms with van der Waals surface area (Å²) in [4.78, 5) is 3.92. The van der Waals surface area contributed by atoms with Crippen LogP contribution in [-0.2, 0) is 6.54 Å². The Morgan fingerprint density at radius 1 is 1.40 bits per heavy atom. The first-order chi connectivity index (χ1) is 7.11. The highest BCUT2D eigenvalue weighted by atomic mass is 35.5. The van der Waals surface area contributed by atoms with E-state index in [-0.39, 0.29) is 5.54 Å². The average molecular weight is 268 g/mol. The second kappa shape index (κ2) is 5.90. The third-order valence-corrected chi connectivity index (χ3v) is 3.67. The van der Waals surface area contributed by atoms with E-state index >= 15 is 0 Å². The second-order valence-corrected chi connectivity index (χ2v) is 4.59. The minimum atomic E-state index is -0.268. The maximum atomic E-state index is 5.97. The van der Waals surface area contributed by atoms with Gasteiger partial charge in [-0.15, -0.1) is 23.2 Å². The molecule has 2 nitrogen and oxygen atoms in total. The van der Waals surface area contributed by atoms with Crippen molar-refractivity contribution in [3.8, 4) is 0 Å². The molecule has 84 valence electrons. The van der Waals surface area contributed by atoms with E-state index in [1.165, 1.54) is 0 Å². The van der Waals surface area contributed by atoms with Crippen LogP contribution in [-0.4, -0.2) is 22.3 Å². The molecule has 0 aliphatic carbocycles. The van der Waals surface area contributed by atoms with Gasteiger partial charge in [0.15, 0.2) is 0 Å². The Morgan fingerprint density at radius 3 is 2.60 bits per heavy atom. The normalized spacial score (nSPS) is 11.7. The number of nitrogens with zero attached hydrogens (tertiary/aromatic N) is 1. The van der Waals surface area contributed by atoms with Crippen molar-refractivity contribution in [2.24, 2.45) is 0 Å². The zero-order valence-corrected chi connectivity index (χ0v) is 10.7. The molecule has 0 amide bonds. The summed E-state index contributed by atoms with van der Waals surface area (Å²) in [5, 5.41) is 3.93. The van der Waals surface area contributed by atoms with Gasteiger partial charge in [-0.25, -0.2) is 0 Å². The van der Waals surface area contributed by atoms with E-state index < -0.39 is 0 Å². The molecule has 0 aromatic carbocycles. The van der Waals surface area contributed by atoms with Crippen LogP contribution in [0.1, 0.15) is 12.5 Å². The molecule has 0 atom stereocenters. The molecule has 5 heteroatoms. The summed E-state index contributed by atoms with van der Waals surface area (Å²) in [6.45, 7) is 2.61. The van der Waals surface area contributed by atoms with Crippen molar-refractivity contribution in [1.29, 1.82) is 0 Å². The molecule has 1 N–H and O–H groups in total. The van der Waals surface area contributed by atoms with Crippen LogP contribution in [0.3, 0.4) is 0 Å². The van der Waals surface area contributed by atoms with Crippen LogP contribution in [0.25, 0.3) is 0 Å². The molecular formula is C10H13Cl3N2. The quantitative estimate of drug-likeness (QED) is 0.830. The van der Waals surface area contributed by atoms with Crippen molar-refractivity contribution in [3.05, 3.63) is 29.0 Å². The number of halogens is 3. The van der Waals surface area contributed by atoms with Gasteiger partial charge >= 0.3 is 0 Å².